The molecule has 0 saturated carbocycles. The summed E-state index contributed by atoms with van der Waals surface area (Å²) in [6, 6.07) is 5.76. The van der Waals surface area contributed by atoms with Crippen LogP contribution in [0.1, 0.15) is 18.9 Å². The number of ether oxygens (including phenoxy) is 1. The van der Waals surface area contributed by atoms with Crippen LogP contribution in [0, 0.1) is 0 Å². The van der Waals surface area contributed by atoms with Crippen molar-refractivity contribution in [1.82, 2.24) is 0 Å². The van der Waals surface area contributed by atoms with Crippen molar-refractivity contribution in [3.8, 4) is 5.75 Å². The molecule has 0 aliphatic carbocycles. The maximum absolute atomic E-state index is 11.3. The molecule has 0 radical (unpaired) electrons. The van der Waals surface area contributed by atoms with Crippen LogP contribution in [-0.2, 0) is 16.3 Å². The van der Waals surface area contributed by atoms with Crippen LogP contribution in [0.4, 0.5) is 0 Å². The van der Waals surface area contributed by atoms with E-state index in [0.29, 0.717) is 19.6 Å². The molecule has 0 fully saturated rings. The Morgan fingerprint density at radius 3 is 2.74 bits per heavy atom. The van der Waals surface area contributed by atoms with Crippen molar-refractivity contribution in [2.75, 3.05) is 24.7 Å². The van der Waals surface area contributed by atoms with Gasteiger partial charge in [0.25, 0.3) is 0 Å². The van der Waals surface area contributed by atoms with Crippen molar-refractivity contribution in [2.24, 2.45) is 5.73 Å². The highest BCUT2D eigenvalue weighted by Crippen LogP contribution is 2.23. The first-order valence-electron chi connectivity index (χ1n) is 6.30. The van der Waals surface area contributed by atoms with E-state index in [1.54, 1.807) is 6.92 Å². The smallest absolute Gasteiger partial charge is 0.150 e. The third-order valence-electron chi connectivity index (χ3n) is 2.73. The van der Waals surface area contributed by atoms with Gasteiger partial charge in [-0.15, -0.1) is 0 Å². The van der Waals surface area contributed by atoms with Gasteiger partial charge in [0.1, 0.15) is 15.6 Å². The largest absolute Gasteiger partial charge is 0.493 e. The molecule has 2 N–H and O–H groups in total. The minimum Gasteiger partial charge on any atom is -0.493 e. The summed E-state index contributed by atoms with van der Waals surface area (Å²) in [4.78, 5) is 0. The highest BCUT2D eigenvalue weighted by atomic mass is 79.9. The van der Waals surface area contributed by atoms with Crippen molar-refractivity contribution in [2.45, 2.75) is 19.8 Å². The van der Waals surface area contributed by atoms with Gasteiger partial charge in [-0.05, 0) is 43.1 Å². The van der Waals surface area contributed by atoms with E-state index in [-0.39, 0.29) is 11.5 Å². The zero-order valence-corrected chi connectivity index (χ0v) is 13.5. The summed E-state index contributed by atoms with van der Waals surface area (Å²) in [5.74, 6) is 1.14. The lowest BCUT2D eigenvalue weighted by Gasteiger charge is -2.11. The van der Waals surface area contributed by atoms with Crippen LogP contribution in [0.2, 0.25) is 0 Å². The SMILES string of the molecule is CCS(=O)(=O)CCCOc1ccc(Br)cc1CCN. The second-order valence-corrected chi connectivity index (χ2v) is 7.62. The molecule has 0 amide bonds. The zero-order chi connectivity index (χ0) is 14.3. The number of benzene rings is 1. The van der Waals surface area contributed by atoms with Crippen molar-refractivity contribution in [3.63, 3.8) is 0 Å². The third-order valence-corrected chi connectivity index (χ3v) is 5.02. The minimum absolute atomic E-state index is 0.173. The van der Waals surface area contributed by atoms with E-state index in [1.807, 2.05) is 18.2 Å². The van der Waals surface area contributed by atoms with Crippen LogP contribution >= 0.6 is 15.9 Å². The monoisotopic (exact) mass is 349 g/mol. The summed E-state index contributed by atoms with van der Waals surface area (Å²) >= 11 is 3.41. The lowest BCUT2D eigenvalue weighted by Crippen LogP contribution is -2.12. The van der Waals surface area contributed by atoms with Gasteiger partial charge >= 0.3 is 0 Å². The molecular weight excluding hydrogens is 330 g/mol. The van der Waals surface area contributed by atoms with Gasteiger partial charge in [0.2, 0.25) is 0 Å². The topological polar surface area (TPSA) is 69.4 Å². The predicted octanol–water partition coefficient (Wildman–Crippen LogP) is 2.15. The Morgan fingerprint density at radius 2 is 2.11 bits per heavy atom. The molecule has 0 atom stereocenters. The van der Waals surface area contributed by atoms with Crippen molar-refractivity contribution in [3.05, 3.63) is 28.2 Å². The molecule has 0 aromatic heterocycles. The van der Waals surface area contributed by atoms with E-state index < -0.39 is 9.84 Å². The fraction of sp³-hybridized carbons (Fsp3) is 0.538. The van der Waals surface area contributed by atoms with Crippen molar-refractivity contribution in [1.29, 1.82) is 0 Å². The average molecular weight is 350 g/mol. The van der Waals surface area contributed by atoms with Crippen molar-refractivity contribution < 1.29 is 13.2 Å². The molecule has 0 spiro atoms. The van der Waals surface area contributed by atoms with Gasteiger partial charge in [0.05, 0.1) is 12.4 Å². The Morgan fingerprint density at radius 1 is 1.37 bits per heavy atom. The van der Waals surface area contributed by atoms with Gasteiger partial charge in [0.15, 0.2) is 0 Å². The fourth-order valence-electron chi connectivity index (χ4n) is 1.65. The van der Waals surface area contributed by atoms with Crippen LogP contribution in [0.3, 0.4) is 0 Å². The maximum atomic E-state index is 11.3. The molecule has 1 aromatic rings. The van der Waals surface area contributed by atoms with Gasteiger partial charge in [-0.1, -0.05) is 22.9 Å². The Hall–Kier alpha value is -0.590. The first kappa shape index (κ1) is 16.5. The molecule has 0 bridgehead atoms. The summed E-state index contributed by atoms with van der Waals surface area (Å²) in [6.45, 7) is 2.61. The van der Waals surface area contributed by atoms with Crippen LogP contribution < -0.4 is 10.5 Å². The van der Waals surface area contributed by atoms with Gasteiger partial charge in [0, 0.05) is 10.2 Å². The predicted molar refractivity (Wildman–Crippen MR) is 81.3 cm³/mol. The normalized spacial score (nSPS) is 11.5. The molecule has 19 heavy (non-hydrogen) atoms. The third kappa shape index (κ3) is 5.93. The molecule has 0 saturated heterocycles. The number of halogens is 1. The molecule has 0 aliphatic rings. The highest BCUT2D eigenvalue weighted by Gasteiger charge is 2.08. The maximum Gasteiger partial charge on any atom is 0.150 e. The Balaban J connectivity index is 2.53. The number of rotatable bonds is 8. The molecule has 0 heterocycles. The number of hydrogen-bond acceptors (Lipinski definition) is 4. The van der Waals surface area contributed by atoms with E-state index in [1.165, 1.54) is 0 Å². The second kappa shape index (κ2) is 7.87. The summed E-state index contributed by atoms with van der Waals surface area (Å²) in [6.07, 6.45) is 1.25. The molecule has 1 aromatic carbocycles. The van der Waals surface area contributed by atoms with Crippen LogP contribution in [0.25, 0.3) is 0 Å². The molecule has 0 unspecified atom stereocenters. The average Bonchev–Trinajstić information content (AvgIpc) is 2.37. The highest BCUT2D eigenvalue weighted by molar-refractivity contribution is 9.10. The quantitative estimate of drug-likeness (QED) is 0.730. The Labute approximate surface area is 123 Å². The number of nitrogens with two attached hydrogens (primary N) is 1. The Bertz CT molecular complexity index is 503. The lowest BCUT2D eigenvalue weighted by atomic mass is 10.1. The molecule has 4 nitrogen and oxygen atoms in total. The summed E-state index contributed by atoms with van der Waals surface area (Å²) in [7, 11) is -2.91. The van der Waals surface area contributed by atoms with E-state index >= 15 is 0 Å². The van der Waals surface area contributed by atoms with E-state index in [9.17, 15) is 8.42 Å². The lowest BCUT2D eigenvalue weighted by molar-refractivity contribution is 0.314. The number of sulfone groups is 1. The van der Waals surface area contributed by atoms with Crippen LogP contribution in [0.5, 0.6) is 5.75 Å². The number of hydrogen-bond donors (Lipinski definition) is 1. The molecule has 1 rings (SSSR count). The van der Waals surface area contributed by atoms with Gasteiger partial charge in [-0.2, -0.15) is 0 Å². The summed E-state index contributed by atoms with van der Waals surface area (Å²) in [5, 5.41) is 0. The van der Waals surface area contributed by atoms with Gasteiger partial charge in [-0.25, -0.2) is 8.42 Å². The first-order valence-corrected chi connectivity index (χ1v) is 8.91. The summed E-state index contributed by atoms with van der Waals surface area (Å²) < 4.78 is 29.3. The molecular formula is C13H20BrNO3S. The molecule has 0 aliphatic heterocycles. The van der Waals surface area contributed by atoms with Gasteiger partial charge < -0.3 is 10.5 Å². The first-order chi connectivity index (χ1) is 8.98. The summed E-state index contributed by atoms with van der Waals surface area (Å²) in [5.41, 5.74) is 6.60. The molecule has 6 heteroatoms. The van der Waals surface area contributed by atoms with Crippen LogP contribution in [-0.4, -0.2) is 33.1 Å². The van der Waals surface area contributed by atoms with Crippen LogP contribution in [0.15, 0.2) is 22.7 Å². The van der Waals surface area contributed by atoms with E-state index in [4.69, 9.17) is 10.5 Å². The minimum atomic E-state index is -2.91. The Kier molecular flexibility index (Phi) is 6.82. The standard InChI is InChI=1S/C13H20BrNO3S/c1-2-19(16,17)9-3-8-18-13-5-4-12(14)10-11(13)6-7-15/h4-5,10H,2-3,6-9,15H2,1H3. The van der Waals surface area contributed by atoms with E-state index in [2.05, 4.69) is 15.9 Å². The van der Waals surface area contributed by atoms with Gasteiger partial charge in [-0.3, -0.25) is 0 Å². The second-order valence-electron chi connectivity index (χ2n) is 4.23. The van der Waals surface area contributed by atoms with Crippen molar-refractivity contribution >= 4 is 25.8 Å². The fourth-order valence-corrected chi connectivity index (χ4v) is 2.90. The zero-order valence-electron chi connectivity index (χ0n) is 11.1. The van der Waals surface area contributed by atoms with E-state index in [0.717, 1.165) is 22.2 Å². The molecule has 108 valence electrons.